The van der Waals surface area contributed by atoms with Gasteiger partial charge < -0.3 is 5.32 Å². The van der Waals surface area contributed by atoms with E-state index in [1.54, 1.807) is 0 Å². The summed E-state index contributed by atoms with van der Waals surface area (Å²) in [5, 5.41) is 15.2. The fraction of sp³-hybridized carbons (Fsp3) is 0.312. The molecule has 0 aliphatic heterocycles. The normalized spacial score (nSPS) is 11.7. The highest BCUT2D eigenvalue weighted by molar-refractivity contribution is 7.99. The Morgan fingerprint density at radius 2 is 1.96 bits per heavy atom. The molecule has 0 unspecified atom stereocenters. The molecule has 2 N–H and O–H groups in total. The van der Waals surface area contributed by atoms with E-state index in [0.717, 1.165) is 11.8 Å². The van der Waals surface area contributed by atoms with Crippen LogP contribution < -0.4 is 10.9 Å². The first-order valence-corrected chi connectivity index (χ1v) is 8.77. The highest BCUT2D eigenvalue weighted by Crippen LogP contribution is 2.19. The molecule has 0 saturated carbocycles. The molecule has 0 spiro atoms. The summed E-state index contributed by atoms with van der Waals surface area (Å²) >= 11 is 1.13. The van der Waals surface area contributed by atoms with Crippen LogP contribution in [0.15, 0.2) is 34.2 Å². The van der Waals surface area contributed by atoms with Gasteiger partial charge in [0.05, 0.1) is 5.75 Å². The smallest absolute Gasteiger partial charge is 0.274 e. The first-order valence-electron chi connectivity index (χ1n) is 7.78. The molecule has 0 aliphatic carbocycles. The average molecular weight is 376 g/mol. The zero-order chi connectivity index (χ0) is 18.9. The van der Waals surface area contributed by atoms with Gasteiger partial charge in [0.2, 0.25) is 11.1 Å². The number of nitrogens with zero attached hydrogens (tertiary/aromatic N) is 4. The van der Waals surface area contributed by atoms with Crippen LogP contribution in [-0.4, -0.2) is 36.5 Å². The number of amides is 1. The number of carbonyl (C=O) groups is 1. The lowest BCUT2D eigenvalue weighted by atomic mass is 9.93. The van der Waals surface area contributed by atoms with Gasteiger partial charge in [-0.2, -0.15) is 9.61 Å². The number of H-pyrrole nitrogens is 1. The van der Waals surface area contributed by atoms with Gasteiger partial charge in [0.1, 0.15) is 11.5 Å². The van der Waals surface area contributed by atoms with Gasteiger partial charge in [-0.25, -0.2) is 4.39 Å². The number of hydrogen-bond acceptors (Lipinski definition) is 6. The van der Waals surface area contributed by atoms with Crippen LogP contribution in [0.5, 0.6) is 0 Å². The molecule has 0 aliphatic rings. The SMILES string of the molecule is CC(C)(C)c1nn2c(SCC(=O)Nc3ccc(F)cc3)nnc2[nH]c1=O. The number of aromatic amines is 1. The molecule has 8 nitrogen and oxygen atoms in total. The third kappa shape index (κ3) is 3.90. The lowest BCUT2D eigenvalue weighted by molar-refractivity contribution is -0.113. The van der Waals surface area contributed by atoms with Crippen LogP contribution in [0.3, 0.4) is 0 Å². The largest absolute Gasteiger partial charge is 0.325 e. The number of thioether (sulfide) groups is 1. The summed E-state index contributed by atoms with van der Waals surface area (Å²) in [6.07, 6.45) is 0. The van der Waals surface area contributed by atoms with Crippen LogP contribution in [-0.2, 0) is 10.2 Å². The van der Waals surface area contributed by atoms with Gasteiger partial charge >= 0.3 is 0 Å². The van der Waals surface area contributed by atoms with Crippen molar-refractivity contribution in [3.8, 4) is 0 Å². The predicted molar refractivity (Wildman–Crippen MR) is 95.9 cm³/mol. The Hall–Kier alpha value is -2.75. The van der Waals surface area contributed by atoms with Crippen molar-refractivity contribution in [2.75, 3.05) is 11.1 Å². The summed E-state index contributed by atoms with van der Waals surface area (Å²) in [5.41, 5.74) is 0.0829. The molecule has 136 valence electrons. The Morgan fingerprint density at radius 3 is 2.62 bits per heavy atom. The molecule has 2 aromatic heterocycles. The zero-order valence-electron chi connectivity index (χ0n) is 14.4. The summed E-state index contributed by atoms with van der Waals surface area (Å²) in [6, 6.07) is 5.49. The molecule has 0 radical (unpaired) electrons. The maximum atomic E-state index is 12.9. The van der Waals surface area contributed by atoms with Crippen LogP contribution in [0.2, 0.25) is 0 Å². The van der Waals surface area contributed by atoms with E-state index in [1.807, 2.05) is 20.8 Å². The first-order chi connectivity index (χ1) is 12.2. The Bertz CT molecular complexity index is 1010. The van der Waals surface area contributed by atoms with E-state index in [-0.39, 0.29) is 28.8 Å². The third-order valence-electron chi connectivity index (χ3n) is 3.42. The summed E-state index contributed by atoms with van der Waals surface area (Å²) in [6.45, 7) is 5.64. The summed E-state index contributed by atoms with van der Waals surface area (Å²) in [7, 11) is 0. The Morgan fingerprint density at radius 1 is 1.27 bits per heavy atom. The maximum absolute atomic E-state index is 12.9. The second kappa shape index (κ2) is 6.87. The number of halogens is 1. The van der Waals surface area contributed by atoms with Gasteiger partial charge in [-0.3, -0.25) is 14.6 Å². The van der Waals surface area contributed by atoms with Crippen LogP contribution in [0, 0.1) is 5.82 Å². The molecule has 1 aromatic carbocycles. The molecule has 0 bridgehead atoms. The number of fused-ring (bicyclic) bond motifs is 1. The fourth-order valence-corrected chi connectivity index (χ4v) is 2.86. The van der Waals surface area contributed by atoms with Crippen molar-refractivity contribution in [2.45, 2.75) is 31.3 Å². The standard InChI is InChI=1S/C16H17FN6O2S/c1-16(2,3)12-13(25)19-14-20-21-15(23(14)22-12)26-8-11(24)18-10-6-4-9(17)5-7-10/h4-7H,8H2,1-3H3,(H,18,24)(H,19,20,25). The van der Waals surface area contributed by atoms with Crippen LogP contribution >= 0.6 is 11.8 Å². The molecule has 0 atom stereocenters. The lowest BCUT2D eigenvalue weighted by Gasteiger charge is -2.15. The molecule has 0 saturated heterocycles. The quantitative estimate of drug-likeness (QED) is 0.675. The monoisotopic (exact) mass is 376 g/mol. The second-order valence-electron chi connectivity index (χ2n) is 6.61. The van der Waals surface area contributed by atoms with E-state index in [2.05, 4.69) is 25.6 Å². The van der Waals surface area contributed by atoms with Gasteiger partial charge in [-0.1, -0.05) is 32.5 Å². The molecule has 3 rings (SSSR count). The van der Waals surface area contributed by atoms with Crippen molar-refractivity contribution in [1.82, 2.24) is 24.8 Å². The molecule has 2 heterocycles. The number of nitrogens with one attached hydrogen (secondary N) is 2. The maximum Gasteiger partial charge on any atom is 0.274 e. The van der Waals surface area contributed by atoms with Gasteiger partial charge in [0.15, 0.2) is 0 Å². The van der Waals surface area contributed by atoms with Crippen molar-refractivity contribution in [2.24, 2.45) is 0 Å². The second-order valence-corrected chi connectivity index (χ2v) is 7.56. The van der Waals surface area contributed by atoms with E-state index in [0.29, 0.717) is 16.5 Å². The molecular weight excluding hydrogens is 359 g/mol. The third-order valence-corrected chi connectivity index (χ3v) is 4.34. The van der Waals surface area contributed by atoms with E-state index in [9.17, 15) is 14.0 Å². The van der Waals surface area contributed by atoms with Crippen LogP contribution in [0.25, 0.3) is 5.78 Å². The van der Waals surface area contributed by atoms with Crippen molar-refractivity contribution < 1.29 is 9.18 Å². The van der Waals surface area contributed by atoms with Crippen LogP contribution in [0.1, 0.15) is 26.5 Å². The number of rotatable bonds is 4. The minimum atomic E-state index is -0.450. The summed E-state index contributed by atoms with van der Waals surface area (Å²) in [4.78, 5) is 26.8. The Kier molecular flexibility index (Phi) is 4.77. The molecule has 0 fully saturated rings. The van der Waals surface area contributed by atoms with E-state index < -0.39 is 5.41 Å². The molecule has 1 amide bonds. The van der Waals surface area contributed by atoms with Gasteiger partial charge in [-0.15, -0.1) is 10.2 Å². The first kappa shape index (κ1) is 18.1. The highest BCUT2D eigenvalue weighted by atomic mass is 32.2. The number of aromatic nitrogens is 5. The number of anilines is 1. The van der Waals surface area contributed by atoms with Crippen molar-refractivity contribution in [1.29, 1.82) is 0 Å². The number of benzene rings is 1. The van der Waals surface area contributed by atoms with Crippen molar-refractivity contribution in [3.05, 3.63) is 46.1 Å². The summed E-state index contributed by atoms with van der Waals surface area (Å²) in [5.74, 6) is -0.380. The predicted octanol–water partition coefficient (Wildman–Crippen LogP) is 1.98. The average Bonchev–Trinajstić information content (AvgIpc) is 2.95. The highest BCUT2D eigenvalue weighted by Gasteiger charge is 2.22. The van der Waals surface area contributed by atoms with E-state index >= 15 is 0 Å². The van der Waals surface area contributed by atoms with Crippen LogP contribution in [0.4, 0.5) is 10.1 Å². The molecule has 3 aromatic rings. The Balaban J connectivity index is 1.75. The summed E-state index contributed by atoms with van der Waals surface area (Å²) < 4.78 is 14.3. The van der Waals surface area contributed by atoms with Gasteiger partial charge in [0.25, 0.3) is 11.3 Å². The minimum absolute atomic E-state index is 0.0594. The topological polar surface area (TPSA) is 105 Å². The molecular formula is C16H17FN6O2S. The van der Waals surface area contributed by atoms with Gasteiger partial charge in [-0.05, 0) is 24.3 Å². The van der Waals surface area contributed by atoms with Crippen molar-refractivity contribution in [3.63, 3.8) is 0 Å². The molecule has 10 heteroatoms. The van der Waals surface area contributed by atoms with Gasteiger partial charge in [0, 0.05) is 11.1 Å². The number of hydrogen-bond donors (Lipinski definition) is 2. The number of carbonyl (C=O) groups excluding carboxylic acids is 1. The minimum Gasteiger partial charge on any atom is -0.325 e. The fourth-order valence-electron chi connectivity index (χ4n) is 2.18. The molecule has 26 heavy (non-hydrogen) atoms. The zero-order valence-corrected chi connectivity index (χ0v) is 15.2. The van der Waals surface area contributed by atoms with E-state index in [1.165, 1.54) is 28.8 Å². The lowest BCUT2D eigenvalue weighted by Crippen LogP contribution is -2.28. The van der Waals surface area contributed by atoms with Crippen molar-refractivity contribution >= 4 is 29.1 Å². The Labute approximate surface area is 152 Å². The van der Waals surface area contributed by atoms with E-state index in [4.69, 9.17) is 0 Å².